The monoisotopic (exact) mass is 303 g/mol. The molecule has 0 spiro atoms. The molecule has 0 saturated heterocycles. The van der Waals surface area contributed by atoms with Crippen molar-refractivity contribution in [2.75, 3.05) is 11.1 Å². The summed E-state index contributed by atoms with van der Waals surface area (Å²) in [4.78, 5) is 11.4. The van der Waals surface area contributed by atoms with Gasteiger partial charge in [-0.25, -0.2) is 0 Å². The summed E-state index contributed by atoms with van der Waals surface area (Å²) in [6.45, 7) is 0.402. The van der Waals surface area contributed by atoms with Gasteiger partial charge in [0, 0.05) is 6.54 Å². The lowest BCUT2D eigenvalue weighted by atomic mass is 10.2. The Morgan fingerprint density at radius 2 is 1.89 bits per heavy atom. The number of nitrogens with zero attached hydrogens (tertiary/aromatic N) is 3. The van der Waals surface area contributed by atoms with Crippen LogP contribution in [0, 0.1) is 0 Å². The topological polar surface area (TPSA) is 76.7 Å². The first-order chi connectivity index (χ1) is 8.56. The molecule has 0 atom stereocenters. The molecule has 18 heavy (non-hydrogen) atoms. The molecule has 2 rings (SSSR count). The number of nitrogen functional groups attached to an aromatic ring is 1. The molecule has 0 saturated carbocycles. The Morgan fingerprint density at radius 3 is 2.61 bits per heavy atom. The van der Waals surface area contributed by atoms with Crippen LogP contribution in [0.25, 0.3) is 0 Å². The highest BCUT2D eigenvalue weighted by molar-refractivity contribution is 6.42. The number of anilines is 2. The first-order valence-corrected chi connectivity index (χ1v) is 6.03. The van der Waals surface area contributed by atoms with Crippen LogP contribution in [-0.2, 0) is 6.54 Å². The van der Waals surface area contributed by atoms with Gasteiger partial charge in [0.25, 0.3) is 0 Å². The van der Waals surface area contributed by atoms with E-state index in [1.807, 2.05) is 6.07 Å². The fraction of sp³-hybridized carbons (Fsp3) is 0.100. The Kier molecular flexibility index (Phi) is 4.06. The molecule has 94 valence electrons. The first kappa shape index (κ1) is 13.1. The second kappa shape index (κ2) is 5.56. The molecular formula is C10H8Cl3N5. The minimum Gasteiger partial charge on any atom is -0.368 e. The van der Waals surface area contributed by atoms with Gasteiger partial charge in [-0.2, -0.15) is 15.0 Å². The Labute approximate surface area is 118 Å². The van der Waals surface area contributed by atoms with Crippen LogP contribution in [-0.4, -0.2) is 15.0 Å². The van der Waals surface area contributed by atoms with Crippen LogP contribution in [0.1, 0.15) is 5.56 Å². The molecule has 0 unspecified atom stereocenters. The number of rotatable bonds is 3. The zero-order valence-corrected chi connectivity index (χ0v) is 11.3. The summed E-state index contributed by atoms with van der Waals surface area (Å²) in [5, 5.41) is 3.95. The summed E-state index contributed by atoms with van der Waals surface area (Å²) in [5.41, 5.74) is 6.27. The number of nitrogens with one attached hydrogen (secondary N) is 1. The molecule has 0 aliphatic rings. The van der Waals surface area contributed by atoms with Gasteiger partial charge in [-0.1, -0.05) is 35.3 Å². The number of hydrogen-bond acceptors (Lipinski definition) is 5. The van der Waals surface area contributed by atoms with E-state index in [9.17, 15) is 0 Å². The molecule has 0 fully saturated rings. The van der Waals surface area contributed by atoms with Gasteiger partial charge < -0.3 is 11.1 Å². The fourth-order valence-electron chi connectivity index (χ4n) is 1.30. The molecule has 0 aliphatic carbocycles. The maximum Gasteiger partial charge on any atom is 0.229 e. The number of halogens is 3. The predicted molar refractivity (Wildman–Crippen MR) is 73.0 cm³/mol. The predicted octanol–water partition coefficient (Wildman–Crippen LogP) is 3.03. The van der Waals surface area contributed by atoms with Crippen LogP contribution >= 0.6 is 34.8 Å². The minimum absolute atomic E-state index is 0.0298. The lowest BCUT2D eigenvalue weighted by molar-refractivity contribution is 1.01. The van der Waals surface area contributed by atoms with Gasteiger partial charge in [0.15, 0.2) is 0 Å². The van der Waals surface area contributed by atoms with Gasteiger partial charge in [0.2, 0.25) is 17.2 Å². The van der Waals surface area contributed by atoms with Gasteiger partial charge >= 0.3 is 0 Å². The van der Waals surface area contributed by atoms with E-state index in [1.165, 1.54) is 0 Å². The second-order valence-corrected chi connectivity index (χ2v) is 4.48. The fourth-order valence-corrected chi connectivity index (χ4v) is 1.86. The van der Waals surface area contributed by atoms with Crippen LogP contribution in [0.2, 0.25) is 15.3 Å². The van der Waals surface area contributed by atoms with Crippen LogP contribution in [0.15, 0.2) is 18.2 Å². The molecule has 5 nitrogen and oxygen atoms in total. The zero-order chi connectivity index (χ0) is 13.1. The SMILES string of the molecule is Nc1nc(Cl)nc(NCc2cccc(Cl)c2Cl)n1. The average Bonchev–Trinajstić information content (AvgIpc) is 2.30. The molecule has 1 aromatic carbocycles. The average molecular weight is 305 g/mol. The van der Waals surface area contributed by atoms with Crippen LogP contribution in [0.3, 0.4) is 0 Å². The molecule has 2 aromatic rings. The van der Waals surface area contributed by atoms with Crippen LogP contribution in [0.4, 0.5) is 11.9 Å². The molecule has 1 aromatic heterocycles. The van der Waals surface area contributed by atoms with E-state index < -0.39 is 0 Å². The molecule has 8 heteroatoms. The number of aromatic nitrogens is 3. The quantitative estimate of drug-likeness (QED) is 0.911. The van der Waals surface area contributed by atoms with E-state index in [2.05, 4.69) is 20.3 Å². The zero-order valence-electron chi connectivity index (χ0n) is 8.99. The normalized spacial score (nSPS) is 10.4. The third kappa shape index (κ3) is 3.13. The highest BCUT2D eigenvalue weighted by atomic mass is 35.5. The standard InChI is InChI=1S/C10H8Cl3N5/c11-6-3-1-2-5(7(6)12)4-15-10-17-8(13)16-9(14)18-10/h1-3H,4H2,(H3,14,15,16,17,18). The van der Waals surface area contributed by atoms with Crippen molar-refractivity contribution in [3.8, 4) is 0 Å². The van der Waals surface area contributed by atoms with Gasteiger partial charge in [-0.15, -0.1) is 0 Å². The largest absolute Gasteiger partial charge is 0.368 e. The maximum absolute atomic E-state index is 6.05. The number of hydrogen-bond donors (Lipinski definition) is 2. The van der Waals surface area contributed by atoms with Crippen molar-refractivity contribution >= 4 is 46.7 Å². The lowest BCUT2D eigenvalue weighted by Crippen LogP contribution is -2.07. The number of benzene rings is 1. The molecule has 3 N–H and O–H groups in total. The molecule has 1 heterocycles. The summed E-state index contributed by atoms with van der Waals surface area (Å²) in [7, 11) is 0. The van der Waals surface area contributed by atoms with Crippen LogP contribution in [0.5, 0.6) is 0 Å². The van der Waals surface area contributed by atoms with Crippen molar-refractivity contribution in [2.45, 2.75) is 6.54 Å². The Bertz CT molecular complexity index is 555. The van der Waals surface area contributed by atoms with Crippen molar-refractivity contribution in [2.24, 2.45) is 0 Å². The van der Waals surface area contributed by atoms with Crippen molar-refractivity contribution in [3.05, 3.63) is 39.1 Å². The smallest absolute Gasteiger partial charge is 0.229 e. The van der Waals surface area contributed by atoms with E-state index in [4.69, 9.17) is 40.5 Å². The highest BCUT2D eigenvalue weighted by Crippen LogP contribution is 2.25. The van der Waals surface area contributed by atoms with E-state index >= 15 is 0 Å². The molecule has 0 amide bonds. The van der Waals surface area contributed by atoms with Crippen LogP contribution < -0.4 is 11.1 Å². The minimum atomic E-state index is 0.0298. The molecule has 0 aliphatic heterocycles. The van der Waals surface area contributed by atoms with Crippen molar-refractivity contribution < 1.29 is 0 Å². The summed E-state index contributed by atoms with van der Waals surface area (Å²) in [5.74, 6) is 0.332. The van der Waals surface area contributed by atoms with Crippen molar-refractivity contribution in [3.63, 3.8) is 0 Å². The molecular weight excluding hydrogens is 297 g/mol. The maximum atomic E-state index is 6.05. The van der Waals surface area contributed by atoms with E-state index in [1.54, 1.807) is 12.1 Å². The van der Waals surface area contributed by atoms with E-state index in [-0.39, 0.29) is 17.2 Å². The summed E-state index contributed by atoms with van der Waals surface area (Å²) < 4.78 is 0. The van der Waals surface area contributed by atoms with E-state index in [0.717, 1.165) is 5.56 Å². The van der Waals surface area contributed by atoms with Gasteiger partial charge in [0.05, 0.1) is 10.0 Å². The van der Waals surface area contributed by atoms with Gasteiger partial charge in [-0.3, -0.25) is 0 Å². The Morgan fingerprint density at radius 1 is 1.11 bits per heavy atom. The summed E-state index contributed by atoms with van der Waals surface area (Å²) >= 11 is 17.6. The lowest BCUT2D eigenvalue weighted by Gasteiger charge is -2.07. The Hall–Kier alpha value is -1.30. The summed E-state index contributed by atoms with van der Waals surface area (Å²) in [6.07, 6.45) is 0. The van der Waals surface area contributed by atoms with Crippen molar-refractivity contribution in [1.29, 1.82) is 0 Å². The highest BCUT2D eigenvalue weighted by Gasteiger charge is 2.06. The molecule has 0 bridgehead atoms. The second-order valence-electron chi connectivity index (χ2n) is 3.35. The third-order valence-corrected chi connectivity index (χ3v) is 3.12. The molecule has 0 radical (unpaired) electrons. The van der Waals surface area contributed by atoms with Gasteiger partial charge in [-0.05, 0) is 23.2 Å². The van der Waals surface area contributed by atoms with Crippen molar-refractivity contribution in [1.82, 2.24) is 15.0 Å². The Balaban J connectivity index is 2.14. The van der Waals surface area contributed by atoms with Gasteiger partial charge in [0.1, 0.15) is 0 Å². The summed E-state index contributed by atoms with van der Waals surface area (Å²) in [6, 6.07) is 5.36. The number of nitrogens with two attached hydrogens (primary N) is 1. The third-order valence-electron chi connectivity index (χ3n) is 2.09. The first-order valence-electron chi connectivity index (χ1n) is 4.90. The van der Waals surface area contributed by atoms with E-state index in [0.29, 0.717) is 16.6 Å².